The number of aromatic nitrogens is 4. The van der Waals surface area contributed by atoms with Crippen LogP contribution in [0.25, 0.3) is 5.65 Å². The Balaban J connectivity index is 1.40. The van der Waals surface area contributed by atoms with Crippen LogP contribution in [-0.2, 0) is 6.54 Å². The lowest BCUT2D eigenvalue weighted by Crippen LogP contribution is -2.54. The molecule has 7 rings (SSSR count). The Morgan fingerprint density at radius 1 is 1.18 bits per heavy atom. The molecular weight excluding hydrogens is 439 g/mol. The lowest BCUT2D eigenvalue weighted by molar-refractivity contribution is 0.0780. The van der Waals surface area contributed by atoms with E-state index >= 15 is 0 Å². The van der Waals surface area contributed by atoms with Crippen molar-refractivity contribution in [3.8, 4) is 11.6 Å². The van der Waals surface area contributed by atoms with Gasteiger partial charge in [-0.2, -0.15) is 5.10 Å². The van der Waals surface area contributed by atoms with Gasteiger partial charge in [0.25, 0.3) is 5.91 Å². The summed E-state index contributed by atoms with van der Waals surface area (Å²) in [7, 11) is 0. The number of hydrogen-bond donors (Lipinski definition) is 1. The summed E-state index contributed by atoms with van der Waals surface area (Å²) in [5.41, 5.74) is 1.28. The van der Waals surface area contributed by atoms with Crippen molar-refractivity contribution in [3.63, 3.8) is 0 Å². The molecule has 176 valence electrons. The Bertz CT molecular complexity index is 1310. The maximum Gasteiger partial charge on any atom is 0.257 e. The van der Waals surface area contributed by atoms with Crippen molar-refractivity contribution in [3.05, 3.63) is 41.6 Å². The Morgan fingerprint density at radius 2 is 2.09 bits per heavy atom. The van der Waals surface area contributed by atoms with Crippen LogP contribution in [0.2, 0.25) is 0 Å². The van der Waals surface area contributed by atoms with E-state index in [9.17, 15) is 9.18 Å². The molecule has 2 bridgehead atoms. The number of halogens is 1. The van der Waals surface area contributed by atoms with E-state index in [1.807, 2.05) is 0 Å². The van der Waals surface area contributed by atoms with Gasteiger partial charge in [-0.05, 0) is 44.6 Å². The minimum Gasteiger partial charge on any atom is -0.483 e. The largest absolute Gasteiger partial charge is 0.483 e. The third-order valence-electron chi connectivity index (χ3n) is 7.80. The molecule has 34 heavy (non-hydrogen) atoms. The summed E-state index contributed by atoms with van der Waals surface area (Å²) in [6, 6.07) is 1.60. The standard InChI is InChI=1S/C24H25FN6O3/c25-15-9-14-12-30-17-3-1-4-18(17)34-19-13-31-20(28-21(19)30)16(11-27-31)22(32)29-24(5-2-6-24)7-8-33-23(14)26-10-15/h9-11,13,17-18H,1-8,12H2,(H,29,32)/t17-,18+/m1/s1. The zero-order chi connectivity index (χ0) is 22.9. The first-order chi connectivity index (χ1) is 16.6. The van der Waals surface area contributed by atoms with E-state index in [-0.39, 0.29) is 23.6 Å². The number of nitrogens with one attached hydrogen (secondary N) is 1. The lowest BCUT2D eigenvalue weighted by atomic mass is 9.74. The van der Waals surface area contributed by atoms with Crippen molar-refractivity contribution in [2.24, 2.45) is 0 Å². The molecule has 10 heteroatoms. The third kappa shape index (κ3) is 3.04. The Kier molecular flexibility index (Phi) is 4.28. The van der Waals surface area contributed by atoms with E-state index < -0.39 is 5.82 Å². The highest BCUT2D eigenvalue weighted by Gasteiger charge is 2.42. The molecule has 9 nitrogen and oxygen atoms in total. The normalized spacial score (nSPS) is 25.1. The quantitative estimate of drug-likeness (QED) is 0.547. The van der Waals surface area contributed by atoms with Crippen molar-refractivity contribution in [1.29, 1.82) is 0 Å². The van der Waals surface area contributed by atoms with Crippen molar-refractivity contribution < 1.29 is 18.7 Å². The van der Waals surface area contributed by atoms with E-state index in [4.69, 9.17) is 14.5 Å². The zero-order valence-electron chi connectivity index (χ0n) is 18.7. The summed E-state index contributed by atoms with van der Waals surface area (Å²) >= 11 is 0. The molecule has 2 atom stereocenters. The molecule has 1 spiro atoms. The average Bonchev–Trinajstić information content (AvgIpc) is 3.43. The number of rotatable bonds is 0. The van der Waals surface area contributed by atoms with Crippen molar-refractivity contribution in [2.45, 2.75) is 69.2 Å². The van der Waals surface area contributed by atoms with Crippen molar-refractivity contribution in [1.82, 2.24) is 24.9 Å². The number of fused-ring (bicyclic) bond motifs is 3. The van der Waals surface area contributed by atoms with Gasteiger partial charge in [0.15, 0.2) is 17.2 Å². The van der Waals surface area contributed by atoms with Gasteiger partial charge >= 0.3 is 0 Å². The summed E-state index contributed by atoms with van der Waals surface area (Å²) in [5.74, 6) is 1.09. The average molecular weight is 465 g/mol. The summed E-state index contributed by atoms with van der Waals surface area (Å²) in [6.45, 7) is 0.779. The maximum absolute atomic E-state index is 14.3. The van der Waals surface area contributed by atoms with Crippen LogP contribution in [0.15, 0.2) is 24.7 Å². The molecule has 1 amide bonds. The fourth-order valence-electron chi connectivity index (χ4n) is 5.84. The highest BCUT2D eigenvalue weighted by molar-refractivity contribution is 6.00. The predicted molar refractivity (Wildman–Crippen MR) is 120 cm³/mol. The Hall–Kier alpha value is -3.43. The number of amides is 1. The van der Waals surface area contributed by atoms with E-state index in [2.05, 4.69) is 20.3 Å². The summed E-state index contributed by atoms with van der Waals surface area (Å²) < 4.78 is 28.3. The fourth-order valence-corrected chi connectivity index (χ4v) is 5.84. The number of nitrogens with zero attached hydrogens (tertiary/aromatic N) is 5. The minimum absolute atomic E-state index is 0.0216. The van der Waals surface area contributed by atoms with Gasteiger partial charge in [-0.3, -0.25) is 4.79 Å². The highest BCUT2D eigenvalue weighted by Crippen LogP contribution is 2.43. The fraction of sp³-hybridized carbons (Fsp3) is 0.500. The van der Waals surface area contributed by atoms with Gasteiger partial charge < -0.3 is 19.7 Å². The second kappa shape index (κ2) is 7.28. The molecule has 3 aromatic heterocycles. The molecule has 2 aliphatic carbocycles. The Labute approximate surface area is 195 Å². The first kappa shape index (κ1) is 20.0. The van der Waals surface area contributed by atoms with Crippen LogP contribution in [0, 0.1) is 5.82 Å². The lowest BCUT2D eigenvalue weighted by Gasteiger charge is -2.42. The van der Waals surface area contributed by atoms with E-state index in [0.717, 1.165) is 38.5 Å². The maximum atomic E-state index is 14.3. The number of hydrogen-bond acceptors (Lipinski definition) is 7. The SMILES string of the molecule is O=C1NC2(CCC2)CCOc2ncc(F)cc2CN2c3nc4c1cnn4cc3O[C@H]1CCC[C@H]12. The third-order valence-corrected chi connectivity index (χ3v) is 7.80. The van der Waals surface area contributed by atoms with Gasteiger partial charge in [-0.15, -0.1) is 0 Å². The molecule has 2 saturated carbocycles. The first-order valence-corrected chi connectivity index (χ1v) is 12.0. The smallest absolute Gasteiger partial charge is 0.257 e. The molecule has 0 unspecified atom stereocenters. The van der Waals surface area contributed by atoms with E-state index in [1.165, 1.54) is 12.3 Å². The molecule has 0 aromatic carbocycles. The molecule has 3 aromatic rings. The van der Waals surface area contributed by atoms with E-state index in [0.29, 0.717) is 53.8 Å². The van der Waals surface area contributed by atoms with Crippen LogP contribution in [-0.4, -0.2) is 49.8 Å². The van der Waals surface area contributed by atoms with Gasteiger partial charge in [-0.1, -0.05) is 0 Å². The molecule has 2 fully saturated rings. The second-order valence-electron chi connectivity index (χ2n) is 9.84. The summed E-state index contributed by atoms with van der Waals surface area (Å²) in [5, 5.41) is 7.62. The van der Waals surface area contributed by atoms with Crippen LogP contribution >= 0.6 is 0 Å². The predicted octanol–water partition coefficient (Wildman–Crippen LogP) is 3.02. The monoisotopic (exact) mass is 464 g/mol. The topological polar surface area (TPSA) is 93.9 Å². The van der Waals surface area contributed by atoms with Crippen molar-refractivity contribution in [2.75, 3.05) is 11.5 Å². The number of pyridine rings is 1. The van der Waals surface area contributed by atoms with Crippen LogP contribution in [0.4, 0.5) is 10.2 Å². The zero-order valence-corrected chi connectivity index (χ0v) is 18.7. The number of carbonyl (C=O) groups excluding carboxylic acids is 1. The molecule has 2 aliphatic heterocycles. The molecule has 4 aliphatic rings. The number of anilines is 1. The first-order valence-electron chi connectivity index (χ1n) is 12.0. The number of ether oxygens (including phenoxy) is 2. The molecule has 0 saturated heterocycles. The summed E-state index contributed by atoms with van der Waals surface area (Å²) in [4.78, 5) is 24.6. The van der Waals surface area contributed by atoms with Crippen LogP contribution in [0.5, 0.6) is 11.6 Å². The van der Waals surface area contributed by atoms with Crippen molar-refractivity contribution >= 4 is 17.4 Å². The van der Waals surface area contributed by atoms with Gasteiger partial charge in [0.2, 0.25) is 5.88 Å². The summed E-state index contributed by atoms with van der Waals surface area (Å²) in [6.07, 6.45) is 11.0. The van der Waals surface area contributed by atoms with Gasteiger partial charge in [0.05, 0.1) is 37.8 Å². The minimum atomic E-state index is -0.399. The van der Waals surface area contributed by atoms with Crippen LogP contribution in [0.3, 0.4) is 0 Å². The van der Waals surface area contributed by atoms with Crippen LogP contribution in [0.1, 0.15) is 60.9 Å². The van der Waals surface area contributed by atoms with Gasteiger partial charge in [0, 0.05) is 17.5 Å². The molecule has 5 heterocycles. The van der Waals surface area contributed by atoms with Gasteiger partial charge in [0.1, 0.15) is 17.5 Å². The van der Waals surface area contributed by atoms with Crippen LogP contribution < -0.4 is 19.7 Å². The van der Waals surface area contributed by atoms with Gasteiger partial charge in [-0.25, -0.2) is 18.9 Å². The van der Waals surface area contributed by atoms with E-state index in [1.54, 1.807) is 16.9 Å². The molecule has 0 radical (unpaired) electrons. The molecule has 1 N–H and O–H groups in total. The number of carbonyl (C=O) groups is 1. The second-order valence-corrected chi connectivity index (χ2v) is 9.84. The highest BCUT2D eigenvalue weighted by atomic mass is 19.1. The Morgan fingerprint density at radius 3 is 2.94 bits per heavy atom. The molecular formula is C24H25FN6O3.